The third-order valence-corrected chi connectivity index (χ3v) is 0. The molecule has 0 amide bonds. The molecule has 0 aliphatic heterocycles. The second kappa shape index (κ2) is 19.5. The first-order valence-electron chi connectivity index (χ1n) is 0. The Morgan fingerprint density at radius 2 is 1.00 bits per heavy atom. The molecule has 14 valence electrons. The van der Waals surface area contributed by atoms with Crippen molar-refractivity contribution in [3.8, 4) is 0 Å². The summed E-state index contributed by atoms with van der Waals surface area (Å²) in [6.45, 7) is 0. The van der Waals surface area contributed by atoms with Gasteiger partial charge in [0.25, 0.3) is 0 Å². The molecule has 0 aromatic carbocycles. The summed E-state index contributed by atoms with van der Waals surface area (Å²) in [5, 5.41) is 0. The minimum atomic E-state index is 0. The Bertz CT molecular complexity index is 8.00. The van der Waals surface area contributed by atoms with Gasteiger partial charge in [-0.3, -0.25) is 0 Å². The molecule has 1 nitrogen and oxygen atoms in total. The zero-order valence-corrected chi connectivity index (χ0v) is 11.0. The molecular formula is GaInOZn. The van der Waals surface area contributed by atoms with Crippen molar-refractivity contribution in [3.05, 3.63) is 0 Å². The monoisotopic (exact) mass is 264 g/mol. The minimum absolute atomic E-state index is 0. The number of hydrogen-bond acceptors (Lipinski definition) is 0. The molecular weight excluding hydrogens is 266 g/mol. The maximum atomic E-state index is 0. The fraction of sp³-hybridized carbons (Fsp3) is 0. The molecule has 0 unspecified atom stereocenters. The van der Waals surface area contributed by atoms with Gasteiger partial charge in [0.05, 0.1) is 0 Å². The molecule has 8 radical (unpaired) electrons. The van der Waals surface area contributed by atoms with E-state index in [0.717, 1.165) is 0 Å². The predicted molar refractivity (Wildman–Crippen MR) is 12.2 cm³/mol. The van der Waals surface area contributed by atoms with Crippen molar-refractivity contribution in [1.29, 1.82) is 0 Å². The van der Waals surface area contributed by atoms with Gasteiger partial charge in [0, 0.05) is 70.6 Å². The van der Waals surface area contributed by atoms with Crippen LogP contribution in [0.4, 0.5) is 0 Å². The molecule has 0 saturated heterocycles. The number of rotatable bonds is 0. The summed E-state index contributed by atoms with van der Waals surface area (Å²) >= 11 is 0. The van der Waals surface area contributed by atoms with Crippen LogP contribution in [0.5, 0.6) is 0 Å². The quantitative estimate of drug-likeness (QED) is 0.509. The van der Waals surface area contributed by atoms with Crippen molar-refractivity contribution in [2.45, 2.75) is 0 Å². The summed E-state index contributed by atoms with van der Waals surface area (Å²) in [7, 11) is 0. The molecule has 0 heterocycles. The zero-order chi connectivity index (χ0) is 0. The van der Waals surface area contributed by atoms with Crippen molar-refractivity contribution in [3.63, 3.8) is 0 Å². The van der Waals surface area contributed by atoms with Crippen molar-refractivity contribution < 1.29 is 25.0 Å². The summed E-state index contributed by atoms with van der Waals surface area (Å²) in [5.41, 5.74) is 0. The third-order valence-electron chi connectivity index (χ3n) is 0. The van der Waals surface area contributed by atoms with Gasteiger partial charge in [-0.2, -0.15) is 0 Å². The van der Waals surface area contributed by atoms with Crippen LogP contribution in [0.25, 0.3) is 0 Å². The Balaban J connectivity index is 0. The van der Waals surface area contributed by atoms with E-state index in [4.69, 9.17) is 0 Å². The first-order chi connectivity index (χ1) is 0. The molecule has 0 saturated carbocycles. The third kappa shape index (κ3) is 8.94. The average Bonchev–Trinajstić information content (AvgIpc) is 0. The van der Waals surface area contributed by atoms with E-state index in [0.29, 0.717) is 0 Å². The zero-order valence-electron chi connectivity index (χ0n) is 2.27. The Morgan fingerprint density at radius 1 is 1.00 bits per heavy atom. The molecule has 0 N–H and O–H groups in total. The summed E-state index contributed by atoms with van der Waals surface area (Å²) in [5.74, 6) is 0. The van der Waals surface area contributed by atoms with Crippen LogP contribution in [0.1, 0.15) is 0 Å². The van der Waals surface area contributed by atoms with E-state index in [2.05, 4.69) is 0 Å². The molecule has 4 heteroatoms. The van der Waals surface area contributed by atoms with E-state index in [-0.39, 0.29) is 70.6 Å². The van der Waals surface area contributed by atoms with Gasteiger partial charge in [0.2, 0.25) is 0 Å². The van der Waals surface area contributed by atoms with Crippen molar-refractivity contribution in [1.82, 2.24) is 0 Å². The van der Waals surface area contributed by atoms with Gasteiger partial charge in [-0.1, -0.05) is 0 Å². The van der Waals surface area contributed by atoms with Crippen LogP contribution in [0.2, 0.25) is 0 Å². The number of hydrogen-bond donors (Lipinski definition) is 0. The van der Waals surface area contributed by atoms with Gasteiger partial charge in [-0.15, -0.1) is 0 Å². The molecule has 0 fully saturated rings. The van der Waals surface area contributed by atoms with Gasteiger partial charge in [0.15, 0.2) is 0 Å². The molecule has 0 bridgehead atoms. The molecule has 0 aliphatic carbocycles. The van der Waals surface area contributed by atoms with Gasteiger partial charge >= 0.3 is 0 Å². The SMILES string of the molecule is [Ga].[In].[O].[Zn]. The predicted octanol–water partition coefficient (Wildman–Crippen LogP) is -0.883. The summed E-state index contributed by atoms with van der Waals surface area (Å²) in [6.07, 6.45) is 0. The summed E-state index contributed by atoms with van der Waals surface area (Å²) in [6, 6.07) is 0. The van der Waals surface area contributed by atoms with Crippen LogP contribution >= 0.6 is 0 Å². The maximum Gasteiger partial charge on any atom is 0 e. The molecule has 4 heavy (non-hydrogen) atoms. The second-order valence-electron chi connectivity index (χ2n) is 0. The standard InChI is InChI=1S/Ga.In.O.Zn. The maximum absolute atomic E-state index is 0. The van der Waals surface area contributed by atoms with E-state index >= 15 is 0 Å². The van der Waals surface area contributed by atoms with Crippen LogP contribution in [-0.4, -0.2) is 45.6 Å². The fourth-order valence-corrected chi connectivity index (χ4v) is 0. The van der Waals surface area contributed by atoms with Crippen molar-refractivity contribution in [2.24, 2.45) is 0 Å². The van der Waals surface area contributed by atoms with Gasteiger partial charge < -0.3 is 0 Å². The van der Waals surface area contributed by atoms with E-state index in [1.807, 2.05) is 0 Å². The van der Waals surface area contributed by atoms with Crippen LogP contribution in [-0.2, 0) is 25.0 Å². The normalized spacial score (nSPS) is 0. The van der Waals surface area contributed by atoms with Crippen LogP contribution in [0, 0.1) is 0 Å². The molecule has 0 aromatic rings. The second-order valence-corrected chi connectivity index (χ2v) is 0. The van der Waals surface area contributed by atoms with E-state index in [1.54, 1.807) is 0 Å². The Kier molecular flexibility index (Phi) is 176. The Labute approximate surface area is 69.8 Å². The first kappa shape index (κ1) is 36.1. The molecule has 0 atom stereocenters. The van der Waals surface area contributed by atoms with Crippen molar-refractivity contribution in [2.75, 3.05) is 0 Å². The molecule has 0 aromatic heterocycles. The van der Waals surface area contributed by atoms with Crippen LogP contribution in [0.15, 0.2) is 0 Å². The summed E-state index contributed by atoms with van der Waals surface area (Å²) in [4.78, 5) is 0. The van der Waals surface area contributed by atoms with Gasteiger partial charge in [-0.25, -0.2) is 0 Å². The van der Waals surface area contributed by atoms with Gasteiger partial charge in [-0.05, 0) is 0 Å². The van der Waals surface area contributed by atoms with E-state index in [9.17, 15) is 0 Å². The average molecular weight is 266 g/mol. The minimum Gasteiger partial charge on any atom is 0 e. The fourth-order valence-electron chi connectivity index (χ4n) is 0. The van der Waals surface area contributed by atoms with E-state index in [1.165, 1.54) is 0 Å². The molecule has 0 spiro atoms. The van der Waals surface area contributed by atoms with E-state index < -0.39 is 0 Å². The van der Waals surface area contributed by atoms with Gasteiger partial charge in [0.1, 0.15) is 0 Å². The van der Waals surface area contributed by atoms with Crippen LogP contribution < -0.4 is 0 Å². The summed E-state index contributed by atoms with van der Waals surface area (Å²) < 4.78 is 0. The Morgan fingerprint density at radius 3 is 1.00 bits per heavy atom. The van der Waals surface area contributed by atoms with Crippen LogP contribution in [0.3, 0.4) is 0 Å². The molecule has 0 rings (SSSR count). The smallest absolute Gasteiger partial charge is 0 e. The Hall–Kier alpha value is 2.09. The first-order valence-corrected chi connectivity index (χ1v) is 0. The molecule has 0 aliphatic rings. The largest absolute Gasteiger partial charge is 0 e. The van der Waals surface area contributed by atoms with Crippen molar-refractivity contribution >= 4 is 45.6 Å². The topological polar surface area (TPSA) is 28.5 Å².